The Labute approximate surface area is 175 Å². The van der Waals surface area contributed by atoms with Crippen molar-refractivity contribution < 1.29 is 28.6 Å². The number of hydrogen-bond acceptors (Lipinski definition) is 6. The third-order valence-electron chi connectivity index (χ3n) is 4.22. The fourth-order valence-electron chi connectivity index (χ4n) is 2.80. The molecule has 2 aromatic rings. The number of urea groups is 1. The van der Waals surface area contributed by atoms with Gasteiger partial charge in [0.15, 0.2) is 11.5 Å². The number of barbiturate groups is 1. The number of amides is 4. The number of rotatable bonds is 5. The van der Waals surface area contributed by atoms with E-state index in [2.05, 4.69) is 21.2 Å². The summed E-state index contributed by atoms with van der Waals surface area (Å²) in [5.41, 5.74) is 0.514. The van der Waals surface area contributed by atoms with Gasteiger partial charge in [0.05, 0.1) is 27.0 Å². The first-order valence-electron chi connectivity index (χ1n) is 8.36. The van der Waals surface area contributed by atoms with E-state index in [1.807, 2.05) is 0 Å². The predicted octanol–water partition coefficient (Wildman–Crippen LogP) is 3.14. The highest BCUT2D eigenvalue weighted by atomic mass is 79.9. The lowest BCUT2D eigenvalue weighted by molar-refractivity contribution is -0.122. The summed E-state index contributed by atoms with van der Waals surface area (Å²) in [6, 6.07) is 8.89. The normalized spacial score (nSPS) is 15.4. The third-order valence-corrected chi connectivity index (χ3v) is 4.75. The van der Waals surface area contributed by atoms with E-state index in [1.54, 1.807) is 36.4 Å². The number of carbonyl (C=O) groups excluding carboxylic acids is 3. The summed E-state index contributed by atoms with van der Waals surface area (Å²) in [7, 11) is 4.40. The van der Waals surface area contributed by atoms with Crippen LogP contribution in [-0.4, -0.2) is 39.2 Å². The van der Waals surface area contributed by atoms with E-state index in [0.717, 1.165) is 9.37 Å². The minimum atomic E-state index is -0.821. The predicted molar refractivity (Wildman–Crippen MR) is 109 cm³/mol. The van der Waals surface area contributed by atoms with E-state index >= 15 is 0 Å². The lowest BCUT2D eigenvalue weighted by Gasteiger charge is -2.26. The summed E-state index contributed by atoms with van der Waals surface area (Å²) >= 11 is 3.30. The summed E-state index contributed by atoms with van der Waals surface area (Å²) < 4.78 is 16.6. The van der Waals surface area contributed by atoms with Crippen LogP contribution in [0.25, 0.3) is 6.08 Å². The van der Waals surface area contributed by atoms with Crippen LogP contribution in [0.2, 0.25) is 0 Å². The van der Waals surface area contributed by atoms with Gasteiger partial charge in [-0.25, -0.2) is 9.69 Å². The number of benzene rings is 2. The summed E-state index contributed by atoms with van der Waals surface area (Å²) in [5, 5.41) is 2.18. The van der Waals surface area contributed by atoms with Gasteiger partial charge in [-0.3, -0.25) is 14.9 Å². The van der Waals surface area contributed by atoms with Crippen LogP contribution in [0.4, 0.5) is 10.5 Å². The maximum absolute atomic E-state index is 13.0. The van der Waals surface area contributed by atoms with E-state index in [0.29, 0.717) is 28.5 Å². The van der Waals surface area contributed by atoms with Crippen LogP contribution in [-0.2, 0) is 9.59 Å². The van der Waals surface area contributed by atoms with Crippen LogP contribution in [0.15, 0.2) is 46.4 Å². The lowest BCUT2D eigenvalue weighted by atomic mass is 10.1. The molecule has 1 fully saturated rings. The smallest absolute Gasteiger partial charge is 0.335 e. The van der Waals surface area contributed by atoms with Crippen LogP contribution in [0.5, 0.6) is 17.2 Å². The van der Waals surface area contributed by atoms with Gasteiger partial charge >= 0.3 is 6.03 Å². The van der Waals surface area contributed by atoms with Gasteiger partial charge in [0.2, 0.25) is 0 Å². The summed E-state index contributed by atoms with van der Waals surface area (Å²) in [6.45, 7) is 0. The first-order chi connectivity index (χ1) is 13.9. The SMILES string of the molecule is COc1cc(OC)c(OC)cc1C=C1C(=O)NC(=O)N(c2ccc(Br)cc2)C1=O. The van der Waals surface area contributed by atoms with Gasteiger partial charge in [0, 0.05) is 16.1 Å². The molecular formula is C20H17BrN2O6. The van der Waals surface area contributed by atoms with E-state index in [1.165, 1.54) is 27.4 Å². The van der Waals surface area contributed by atoms with Gasteiger partial charge in [-0.2, -0.15) is 0 Å². The first-order valence-corrected chi connectivity index (χ1v) is 9.16. The zero-order valence-electron chi connectivity index (χ0n) is 15.8. The third kappa shape index (κ3) is 3.95. The van der Waals surface area contributed by atoms with Crippen molar-refractivity contribution in [3.8, 4) is 17.2 Å². The molecule has 0 radical (unpaired) electrons. The highest BCUT2D eigenvalue weighted by molar-refractivity contribution is 9.10. The maximum atomic E-state index is 13.0. The topological polar surface area (TPSA) is 94.2 Å². The van der Waals surface area contributed by atoms with Gasteiger partial charge in [0.1, 0.15) is 11.3 Å². The zero-order valence-corrected chi connectivity index (χ0v) is 17.4. The van der Waals surface area contributed by atoms with Gasteiger partial charge in [-0.15, -0.1) is 0 Å². The van der Waals surface area contributed by atoms with Crippen molar-refractivity contribution in [3.05, 3.63) is 52.0 Å². The lowest BCUT2D eigenvalue weighted by Crippen LogP contribution is -2.54. The zero-order chi connectivity index (χ0) is 21.1. The number of imide groups is 2. The number of nitrogens with zero attached hydrogens (tertiary/aromatic N) is 1. The Bertz CT molecular complexity index is 1020. The molecule has 0 aliphatic carbocycles. The number of nitrogens with one attached hydrogen (secondary N) is 1. The Morgan fingerprint density at radius 2 is 1.48 bits per heavy atom. The van der Waals surface area contributed by atoms with Crippen LogP contribution in [0.3, 0.4) is 0 Å². The Kier molecular flexibility index (Phi) is 5.88. The Morgan fingerprint density at radius 3 is 2.07 bits per heavy atom. The second-order valence-electron chi connectivity index (χ2n) is 5.88. The highest BCUT2D eigenvalue weighted by Gasteiger charge is 2.37. The number of ether oxygens (including phenoxy) is 3. The monoisotopic (exact) mass is 460 g/mol. The molecule has 0 spiro atoms. The second-order valence-corrected chi connectivity index (χ2v) is 6.80. The maximum Gasteiger partial charge on any atom is 0.335 e. The molecule has 4 amide bonds. The minimum Gasteiger partial charge on any atom is -0.496 e. The molecule has 0 unspecified atom stereocenters. The molecule has 1 saturated heterocycles. The van der Waals surface area contributed by atoms with Crippen molar-refractivity contribution in [3.63, 3.8) is 0 Å². The Hall–Kier alpha value is -3.33. The van der Waals surface area contributed by atoms with Gasteiger partial charge < -0.3 is 14.2 Å². The van der Waals surface area contributed by atoms with Crippen molar-refractivity contribution in [1.29, 1.82) is 0 Å². The largest absolute Gasteiger partial charge is 0.496 e. The first kappa shape index (κ1) is 20.4. The van der Waals surface area contributed by atoms with Gasteiger partial charge in [-0.1, -0.05) is 15.9 Å². The van der Waals surface area contributed by atoms with Crippen molar-refractivity contribution >= 4 is 45.5 Å². The van der Waals surface area contributed by atoms with E-state index < -0.39 is 17.8 Å². The van der Waals surface area contributed by atoms with E-state index in [-0.39, 0.29) is 5.57 Å². The Morgan fingerprint density at radius 1 is 0.897 bits per heavy atom. The van der Waals surface area contributed by atoms with Crippen molar-refractivity contribution in [2.24, 2.45) is 0 Å². The molecule has 1 N–H and O–H groups in total. The molecule has 3 rings (SSSR count). The van der Waals surface area contributed by atoms with Gasteiger partial charge in [0.25, 0.3) is 11.8 Å². The number of anilines is 1. The number of methoxy groups -OCH3 is 3. The molecule has 0 aromatic heterocycles. The highest BCUT2D eigenvalue weighted by Crippen LogP contribution is 2.36. The molecule has 150 valence electrons. The molecule has 0 bridgehead atoms. The van der Waals surface area contributed by atoms with Gasteiger partial charge in [-0.05, 0) is 36.4 Å². The van der Waals surface area contributed by atoms with Crippen molar-refractivity contribution in [1.82, 2.24) is 5.32 Å². The molecule has 9 heteroatoms. The second kappa shape index (κ2) is 8.36. The van der Waals surface area contributed by atoms with Crippen molar-refractivity contribution in [2.45, 2.75) is 0 Å². The number of hydrogen-bond donors (Lipinski definition) is 1. The number of halogens is 1. The van der Waals surface area contributed by atoms with E-state index in [9.17, 15) is 14.4 Å². The van der Waals surface area contributed by atoms with Crippen LogP contribution in [0.1, 0.15) is 5.56 Å². The molecule has 8 nitrogen and oxygen atoms in total. The molecule has 29 heavy (non-hydrogen) atoms. The van der Waals surface area contributed by atoms with Crippen LogP contribution < -0.4 is 24.4 Å². The van der Waals surface area contributed by atoms with Crippen LogP contribution in [0, 0.1) is 0 Å². The Balaban J connectivity index is 2.08. The van der Waals surface area contributed by atoms with Crippen LogP contribution >= 0.6 is 15.9 Å². The molecule has 1 aliphatic heterocycles. The summed E-state index contributed by atoms with van der Waals surface area (Å²) in [4.78, 5) is 38.5. The average Bonchev–Trinajstić information content (AvgIpc) is 2.71. The average molecular weight is 461 g/mol. The molecular weight excluding hydrogens is 444 g/mol. The molecule has 0 saturated carbocycles. The fourth-order valence-corrected chi connectivity index (χ4v) is 3.07. The molecule has 1 heterocycles. The fraction of sp³-hybridized carbons (Fsp3) is 0.150. The summed E-state index contributed by atoms with van der Waals surface area (Å²) in [6.07, 6.45) is 1.34. The molecule has 2 aromatic carbocycles. The van der Waals surface area contributed by atoms with Crippen molar-refractivity contribution in [2.75, 3.05) is 26.2 Å². The summed E-state index contributed by atoms with van der Waals surface area (Å²) in [5.74, 6) is -0.367. The standard InChI is InChI=1S/C20H17BrN2O6/c1-27-15-10-17(29-3)16(28-2)9-11(15)8-14-18(24)22-20(26)23(19(14)25)13-6-4-12(21)5-7-13/h4-10H,1-3H3,(H,22,24,26). The molecule has 1 aliphatic rings. The minimum absolute atomic E-state index is 0.224. The molecule has 0 atom stereocenters. The number of carbonyl (C=O) groups is 3. The quantitative estimate of drug-likeness (QED) is 0.543. The van der Waals surface area contributed by atoms with E-state index in [4.69, 9.17) is 14.2 Å².